The quantitative estimate of drug-likeness (QED) is 0.785. The second-order valence-electron chi connectivity index (χ2n) is 10.0. The molecule has 26 heavy (non-hydrogen) atoms. The Kier molecular flexibility index (Phi) is 3.48. The van der Waals surface area contributed by atoms with Crippen molar-refractivity contribution >= 4 is 5.97 Å². The van der Waals surface area contributed by atoms with Crippen LogP contribution in [-0.2, 0) is 12.8 Å². The Labute approximate surface area is 155 Å². The Hall–Kier alpha value is -1.29. The second-order valence-corrected chi connectivity index (χ2v) is 10.0. The summed E-state index contributed by atoms with van der Waals surface area (Å²) in [7, 11) is 0. The molecule has 1 aromatic rings. The standard InChI is InChI=1S/C22H30O4/c1-21-8-7-16-14(15(21)5-6-19(21)23)4-3-13-10-17-12(11-22(13,16)2)9-18(26-17)20(24)25/h9,13-16,19,23H,3-8,10-11H2,1-2H3,(H,24,25)/t13-,14-,15-,16-,19-,21-,22-/m0/s1. The van der Waals surface area contributed by atoms with Crippen LogP contribution < -0.4 is 0 Å². The van der Waals surface area contributed by atoms with Gasteiger partial charge in [0.25, 0.3) is 0 Å². The van der Waals surface area contributed by atoms with E-state index in [1.165, 1.54) is 25.7 Å². The van der Waals surface area contributed by atoms with Gasteiger partial charge in [-0.1, -0.05) is 13.8 Å². The zero-order valence-electron chi connectivity index (χ0n) is 15.8. The molecule has 3 saturated carbocycles. The van der Waals surface area contributed by atoms with Crippen molar-refractivity contribution < 1.29 is 19.4 Å². The summed E-state index contributed by atoms with van der Waals surface area (Å²) in [5.41, 5.74) is 1.49. The van der Waals surface area contributed by atoms with Crippen molar-refractivity contribution in [2.45, 2.75) is 71.3 Å². The molecule has 0 bridgehead atoms. The summed E-state index contributed by atoms with van der Waals surface area (Å²) in [6, 6.07) is 1.77. The van der Waals surface area contributed by atoms with Gasteiger partial charge in [0.1, 0.15) is 5.76 Å². The minimum atomic E-state index is -0.959. The molecule has 7 atom stereocenters. The van der Waals surface area contributed by atoms with Crippen LogP contribution in [0.2, 0.25) is 0 Å². The normalized spacial score (nSPS) is 46.8. The maximum atomic E-state index is 11.3. The van der Waals surface area contributed by atoms with Gasteiger partial charge >= 0.3 is 5.97 Å². The third-order valence-corrected chi connectivity index (χ3v) is 9.13. The highest BCUT2D eigenvalue weighted by atomic mass is 16.4. The molecule has 0 radical (unpaired) electrons. The predicted octanol–water partition coefficient (Wildman–Crippen LogP) is 4.30. The number of hydrogen-bond acceptors (Lipinski definition) is 3. The third kappa shape index (κ3) is 2.08. The number of fused-ring (bicyclic) bond motifs is 6. The number of rotatable bonds is 1. The van der Waals surface area contributed by atoms with Gasteiger partial charge in [-0.15, -0.1) is 0 Å². The number of carbonyl (C=O) groups is 1. The molecule has 0 unspecified atom stereocenters. The van der Waals surface area contributed by atoms with Gasteiger partial charge < -0.3 is 14.6 Å². The van der Waals surface area contributed by atoms with Gasteiger partial charge in [-0.25, -0.2) is 4.79 Å². The molecule has 0 spiro atoms. The molecule has 142 valence electrons. The summed E-state index contributed by atoms with van der Waals surface area (Å²) < 4.78 is 5.66. The van der Waals surface area contributed by atoms with E-state index in [2.05, 4.69) is 13.8 Å². The van der Waals surface area contributed by atoms with Crippen molar-refractivity contribution in [1.82, 2.24) is 0 Å². The molecular formula is C22H30O4. The lowest BCUT2D eigenvalue weighted by Crippen LogP contribution is -2.54. The number of aliphatic hydroxyl groups is 1. The lowest BCUT2D eigenvalue weighted by Gasteiger charge is -2.59. The molecule has 2 N–H and O–H groups in total. The average molecular weight is 358 g/mol. The van der Waals surface area contributed by atoms with E-state index < -0.39 is 5.97 Å². The van der Waals surface area contributed by atoms with Crippen LogP contribution in [0.1, 0.15) is 74.3 Å². The fourth-order valence-corrected chi connectivity index (χ4v) is 7.65. The molecular weight excluding hydrogens is 328 g/mol. The van der Waals surface area contributed by atoms with Gasteiger partial charge in [-0.3, -0.25) is 0 Å². The Morgan fingerprint density at radius 3 is 2.65 bits per heavy atom. The molecule has 3 fully saturated rings. The van der Waals surface area contributed by atoms with Crippen LogP contribution in [0.25, 0.3) is 0 Å². The molecule has 0 amide bonds. The van der Waals surface area contributed by atoms with E-state index in [-0.39, 0.29) is 22.7 Å². The number of aliphatic hydroxyl groups excluding tert-OH is 1. The topological polar surface area (TPSA) is 70.7 Å². The summed E-state index contributed by atoms with van der Waals surface area (Å²) >= 11 is 0. The van der Waals surface area contributed by atoms with E-state index in [1.807, 2.05) is 0 Å². The lowest BCUT2D eigenvalue weighted by atomic mass is 9.45. The van der Waals surface area contributed by atoms with Crippen LogP contribution in [0.5, 0.6) is 0 Å². The van der Waals surface area contributed by atoms with Crippen molar-refractivity contribution in [2.24, 2.45) is 34.5 Å². The zero-order valence-corrected chi connectivity index (χ0v) is 15.8. The summed E-state index contributed by atoms with van der Waals surface area (Å²) in [6.07, 6.45) is 8.70. The van der Waals surface area contributed by atoms with Gasteiger partial charge in [0.2, 0.25) is 5.76 Å². The van der Waals surface area contributed by atoms with Crippen LogP contribution in [-0.4, -0.2) is 22.3 Å². The summed E-state index contributed by atoms with van der Waals surface area (Å²) in [5.74, 6) is 2.73. The van der Waals surface area contributed by atoms with Gasteiger partial charge in [-0.2, -0.15) is 0 Å². The van der Waals surface area contributed by atoms with Crippen molar-refractivity contribution in [3.63, 3.8) is 0 Å². The molecule has 4 heteroatoms. The Bertz CT molecular complexity index is 751. The van der Waals surface area contributed by atoms with E-state index >= 15 is 0 Å². The van der Waals surface area contributed by atoms with Crippen molar-refractivity contribution in [3.8, 4) is 0 Å². The number of hydrogen-bond donors (Lipinski definition) is 2. The first kappa shape index (κ1) is 16.9. The highest BCUT2D eigenvalue weighted by molar-refractivity contribution is 5.84. The highest BCUT2D eigenvalue weighted by Crippen LogP contribution is 2.65. The predicted molar refractivity (Wildman–Crippen MR) is 97.0 cm³/mol. The van der Waals surface area contributed by atoms with Crippen LogP contribution in [0.3, 0.4) is 0 Å². The monoisotopic (exact) mass is 358 g/mol. The summed E-state index contributed by atoms with van der Waals surface area (Å²) in [4.78, 5) is 11.3. The van der Waals surface area contributed by atoms with Gasteiger partial charge in [0.15, 0.2) is 0 Å². The molecule has 1 aromatic heterocycles. The highest BCUT2D eigenvalue weighted by Gasteiger charge is 2.60. The van der Waals surface area contributed by atoms with E-state index in [1.54, 1.807) is 6.07 Å². The average Bonchev–Trinajstić information content (AvgIpc) is 3.13. The molecule has 1 heterocycles. The first-order valence-electron chi connectivity index (χ1n) is 10.4. The van der Waals surface area contributed by atoms with E-state index in [9.17, 15) is 15.0 Å². The minimum absolute atomic E-state index is 0.101. The first-order valence-corrected chi connectivity index (χ1v) is 10.4. The number of carboxylic acids is 1. The number of aromatic carboxylic acids is 1. The zero-order chi connectivity index (χ0) is 18.3. The van der Waals surface area contributed by atoms with Crippen molar-refractivity contribution in [1.29, 1.82) is 0 Å². The maximum absolute atomic E-state index is 11.3. The third-order valence-electron chi connectivity index (χ3n) is 9.13. The maximum Gasteiger partial charge on any atom is 0.371 e. The van der Waals surface area contributed by atoms with Crippen LogP contribution in [0.15, 0.2) is 10.5 Å². The van der Waals surface area contributed by atoms with Gasteiger partial charge in [0.05, 0.1) is 6.10 Å². The number of carboxylic acid groups (broad SMARTS) is 1. The molecule has 0 saturated heterocycles. The molecule has 4 aliphatic rings. The van der Waals surface area contributed by atoms with Gasteiger partial charge in [-0.05, 0) is 91.1 Å². The van der Waals surface area contributed by atoms with Gasteiger partial charge in [0, 0.05) is 6.42 Å². The number of furan rings is 1. The molecule has 4 aliphatic carbocycles. The van der Waals surface area contributed by atoms with Crippen LogP contribution in [0, 0.1) is 34.5 Å². The Morgan fingerprint density at radius 1 is 1.12 bits per heavy atom. The summed E-state index contributed by atoms with van der Waals surface area (Å²) in [6.45, 7) is 4.78. The Morgan fingerprint density at radius 2 is 1.88 bits per heavy atom. The smallest absolute Gasteiger partial charge is 0.371 e. The molecule has 0 aromatic carbocycles. The SMILES string of the molecule is C[C@]12Cc3cc(C(=O)O)oc3C[C@@H]1CC[C@@H]1[C@@H]2CC[C@]2(C)[C@@H](O)CC[C@@H]12. The summed E-state index contributed by atoms with van der Waals surface area (Å²) in [5, 5.41) is 19.9. The Balaban J connectivity index is 1.48. The van der Waals surface area contributed by atoms with Crippen molar-refractivity contribution in [3.05, 3.63) is 23.2 Å². The van der Waals surface area contributed by atoms with Crippen LogP contribution >= 0.6 is 0 Å². The van der Waals surface area contributed by atoms with Crippen molar-refractivity contribution in [2.75, 3.05) is 0 Å². The fraction of sp³-hybridized carbons (Fsp3) is 0.773. The first-order chi connectivity index (χ1) is 12.3. The van der Waals surface area contributed by atoms with E-state index in [4.69, 9.17) is 4.42 Å². The van der Waals surface area contributed by atoms with E-state index in [0.717, 1.165) is 42.9 Å². The molecule has 5 rings (SSSR count). The molecule has 4 nitrogen and oxygen atoms in total. The molecule has 0 aliphatic heterocycles. The van der Waals surface area contributed by atoms with E-state index in [0.29, 0.717) is 17.8 Å². The second kappa shape index (κ2) is 5.37. The fourth-order valence-electron chi connectivity index (χ4n) is 7.65. The largest absolute Gasteiger partial charge is 0.475 e. The lowest BCUT2D eigenvalue weighted by molar-refractivity contribution is -0.112. The minimum Gasteiger partial charge on any atom is -0.475 e. The van der Waals surface area contributed by atoms with Crippen LogP contribution in [0.4, 0.5) is 0 Å².